The van der Waals surface area contributed by atoms with Gasteiger partial charge in [-0.2, -0.15) is 0 Å². The molecule has 0 saturated heterocycles. The molecule has 2 heterocycles. The maximum atomic E-state index is 13.7. The summed E-state index contributed by atoms with van der Waals surface area (Å²) >= 11 is 6.16. The molecule has 1 unspecified atom stereocenters. The molecule has 35 heavy (non-hydrogen) atoms. The second-order valence-electron chi connectivity index (χ2n) is 8.44. The molecule has 0 fully saturated rings. The van der Waals surface area contributed by atoms with E-state index in [4.69, 9.17) is 25.5 Å². The smallest absolute Gasteiger partial charge is 0.290 e. The van der Waals surface area contributed by atoms with Crippen LogP contribution in [0.4, 0.5) is 0 Å². The molecule has 0 aliphatic carbocycles. The highest BCUT2D eigenvalue weighted by molar-refractivity contribution is 6.31. The minimum atomic E-state index is -0.811. The van der Waals surface area contributed by atoms with Crippen LogP contribution >= 0.6 is 11.6 Å². The van der Waals surface area contributed by atoms with Crippen molar-refractivity contribution in [3.8, 4) is 11.5 Å². The number of carbonyl (C=O) groups excluding carboxylic acids is 2. The number of Topliss-reactive ketones (excluding diaryl/α,β-unsaturated/α-hetero) is 1. The minimum absolute atomic E-state index is 0.0321. The summed E-state index contributed by atoms with van der Waals surface area (Å²) in [7, 11) is 5.25. The number of fused-ring (bicyclic) bond motifs is 1. The van der Waals surface area contributed by atoms with E-state index in [0.29, 0.717) is 52.8 Å². The van der Waals surface area contributed by atoms with Crippen molar-refractivity contribution in [1.82, 2.24) is 9.80 Å². The Bertz CT molecular complexity index is 1310. The SMILES string of the molecule is CCOc1cccc(C2C(C(=O)c3cc4cc(Cl)cc(OC)c4o3)=C(O)C(=O)N2CCN(C)C)c1. The van der Waals surface area contributed by atoms with Gasteiger partial charge in [-0.05, 0) is 50.8 Å². The van der Waals surface area contributed by atoms with E-state index < -0.39 is 23.5 Å². The molecule has 1 atom stereocenters. The first-order chi connectivity index (χ1) is 16.7. The van der Waals surface area contributed by atoms with Crippen molar-refractivity contribution in [3.63, 3.8) is 0 Å². The molecule has 0 spiro atoms. The number of halogens is 1. The molecule has 1 amide bonds. The number of hydrogen-bond donors (Lipinski definition) is 1. The number of ether oxygens (including phenoxy) is 2. The van der Waals surface area contributed by atoms with Gasteiger partial charge in [-0.3, -0.25) is 9.59 Å². The standard InChI is InChI=1S/C26H27ClN2O6/c1-5-34-18-8-6-7-15(12-18)22-21(24(31)26(32)29(22)10-9-28(2)3)23(30)19-13-16-11-17(27)14-20(33-4)25(16)35-19/h6-8,11-14,22,31H,5,9-10H2,1-4H3. The Kier molecular flexibility index (Phi) is 7.05. The first-order valence-corrected chi connectivity index (χ1v) is 11.6. The van der Waals surface area contributed by atoms with Crippen LogP contribution in [0, 0.1) is 0 Å². The lowest BCUT2D eigenvalue weighted by molar-refractivity contribution is -0.129. The number of rotatable bonds is 9. The number of methoxy groups -OCH3 is 1. The minimum Gasteiger partial charge on any atom is -0.503 e. The molecule has 3 aromatic rings. The van der Waals surface area contributed by atoms with Gasteiger partial charge in [-0.1, -0.05) is 23.7 Å². The summed E-state index contributed by atoms with van der Waals surface area (Å²) in [6.45, 7) is 3.19. The number of nitrogens with zero attached hydrogens (tertiary/aromatic N) is 2. The third kappa shape index (κ3) is 4.72. The van der Waals surface area contributed by atoms with Gasteiger partial charge in [-0.15, -0.1) is 0 Å². The van der Waals surface area contributed by atoms with E-state index in [1.807, 2.05) is 25.9 Å². The number of benzene rings is 2. The van der Waals surface area contributed by atoms with Gasteiger partial charge in [0, 0.05) is 29.6 Å². The van der Waals surface area contributed by atoms with Crippen LogP contribution in [-0.2, 0) is 4.79 Å². The van der Waals surface area contributed by atoms with E-state index >= 15 is 0 Å². The molecule has 1 aliphatic rings. The average molecular weight is 499 g/mol. The zero-order valence-corrected chi connectivity index (χ0v) is 20.8. The van der Waals surface area contributed by atoms with Gasteiger partial charge in [0.1, 0.15) is 5.75 Å². The summed E-state index contributed by atoms with van der Waals surface area (Å²) in [6.07, 6.45) is 0. The number of aliphatic hydroxyl groups excluding tert-OH is 1. The Morgan fingerprint density at radius 1 is 1.23 bits per heavy atom. The van der Waals surface area contributed by atoms with Gasteiger partial charge >= 0.3 is 0 Å². The van der Waals surface area contributed by atoms with E-state index in [1.54, 1.807) is 36.4 Å². The van der Waals surface area contributed by atoms with Crippen LogP contribution in [0.15, 0.2) is 58.2 Å². The van der Waals surface area contributed by atoms with Crippen molar-refractivity contribution in [3.05, 3.63) is 70.1 Å². The molecular weight excluding hydrogens is 472 g/mol. The van der Waals surface area contributed by atoms with Crippen LogP contribution in [0.1, 0.15) is 29.1 Å². The van der Waals surface area contributed by atoms with Gasteiger partial charge in [0.25, 0.3) is 5.91 Å². The van der Waals surface area contributed by atoms with Crippen LogP contribution in [0.5, 0.6) is 11.5 Å². The lowest BCUT2D eigenvalue weighted by Crippen LogP contribution is -2.36. The Balaban J connectivity index is 1.81. The van der Waals surface area contributed by atoms with Gasteiger partial charge in [0.15, 0.2) is 22.9 Å². The largest absolute Gasteiger partial charge is 0.503 e. The number of carbonyl (C=O) groups is 2. The first kappa shape index (κ1) is 24.6. The quantitative estimate of drug-likeness (QED) is 0.430. The third-order valence-corrected chi connectivity index (χ3v) is 6.03. The number of furan rings is 1. The Labute approximate surface area is 208 Å². The molecule has 1 aromatic heterocycles. The zero-order chi connectivity index (χ0) is 25.3. The van der Waals surface area contributed by atoms with Crippen LogP contribution in [0.2, 0.25) is 5.02 Å². The number of amides is 1. The average Bonchev–Trinajstić information content (AvgIpc) is 3.36. The Morgan fingerprint density at radius 2 is 2.00 bits per heavy atom. The van der Waals surface area contributed by atoms with Crippen molar-refractivity contribution in [2.24, 2.45) is 0 Å². The van der Waals surface area contributed by atoms with Crippen LogP contribution < -0.4 is 9.47 Å². The summed E-state index contributed by atoms with van der Waals surface area (Å²) in [5.74, 6) is -0.850. The fourth-order valence-electron chi connectivity index (χ4n) is 4.19. The van der Waals surface area contributed by atoms with Gasteiger partial charge in [0.05, 0.1) is 25.3 Å². The maximum Gasteiger partial charge on any atom is 0.290 e. The lowest BCUT2D eigenvalue weighted by atomic mass is 9.95. The van der Waals surface area contributed by atoms with Gasteiger partial charge < -0.3 is 28.8 Å². The van der Waals surface area contributed by atoms with E-state index in [-0.39, 0.29) is 11.3 Å². The lowest BCUT2D eigenvalue weighted by Gasteiger charge is -2.28. The molecule has 0 bridgehead atoms. The summed E-state index contributed by atoms with van der Waals surface area (Å²) in [5, 5.41) is 11.9. The monoisotopic (exact) mass is 498 g/mol. The molecule has 2 aromatic carbocycles. The van der Waals surface area contributed by atoms with E-state index in [2.05, 4.69) is 0 Å². The highest BCUT2D eigenvalue weighted by Gasteiger charge is 2.44. The summed E-state index contributed by atoms with van der Waals surface area (Å²) in [4.78, 5) is 30.3. The molecular formula is C26H27ClN2O6. The van der Waals surface area contributed by atoms with Crippen molar-refractivity contribution in [2.45, 2.75) is 13.0 Å². The highest BCUT2D eigenvalue weighted by atomic mass is 35.5. The highest BCUT2D eigenvalue weighted by Crippen LogP contribution is 2.41. The summed E-state index contributed by atoms with van der Waals surface area (Å²) < 4.78 is 16.8. The molecule has 0 saturated carbocycles. The van der Waals surface area contributed by atoms with Crippen molar-refractivity contribution >= 4 is 34.3 Å². The zero-order valence-electron chi connectivity index (χ0n) is 20.0. The molecule has 1 aliphatic heterocycles. The van der Waals surface area contributed by atoms with E-state index in [1.165, 1.54) is 18.1 Å². The second kappa shape index (κ2) is 10.0. The molecule has 8 nitrogen and oxygen atoms in total. The molecule has 184 valence electrons. The van der Waals surface area contributed by atoms with Crippen molar-refractivity contribution in [2.75, 3.05) is 40.9 Å². The Morgan fingerprint density at radius 3 is 2.69 bits per heavy atom. The third-order valence-electron chi connectivity index (χ3n) is 5.81. The summed E-state index contributed by atoms with van der Waals surface area (Å²) in [5.41, 5.74) is 0.947. The Hall–Kier alpha value is -3.49. The molecule has 1 N–H and O–H groups in total. The fourth-order valence-corrected chi connectivity index (χ4v) is 4.41. The fraction of sp³-hybridized carbons (Fsp3) is 0.308. The molecule has 4 rings (SSSR count). The molecule has 9 heteroatoms. The van der Waals surface area contributed by atoms with Crippen LogP contribution in [-0.4, -0.2) is 67.5 Å². The van der Waals surface area contributed by atoms with E-state index in [0.717, 1.165) is 0 Å². The van der Waals surface area contributed by atoms with Gasteiger partial charge in [-0.25, -0.2) is 0 Å². The molecule has 0 radical (unpaired) electrons. The number of aliphatic hydroxyl groups is 1. The topological polar surface area (TPSA) is 92.4 Å². The maximum absolute atomic E-state index is 13.7. The van der Waals surface area contributed by atoms with Gasteiger partial charge in [0.2, 0.25) is 5.78 Å². The number of likely N-dealkylation sites (N-methyl/N-ethyl adjacent to an activating group) is 1. The first-order valence-electron chi connectivity index (χ1n) is 11.2. The van der Waals surface area contributed by atoms with Crippen LogP contribution in [0.3, 0.4) is 0 Å². The number of hydrogen-bond acceptors (Lipinski definition) is 7. The summed E-state index contributed by atoms with van der Waals surface area (Å²) in [6, 6.07) is 11.1. The van der Waals surface area contributed by atoms with Crippen LogP contribution in [0.25, 0.3) is 11.0 Å². The second-order valence-corrected chi connectivity index (χ2v) is 8.87. The van der Waals surface area contributed by atoms with Crippen molar-refractivity contribution < 1.29 is 28.6 Å². The van der Waals surface area contributed by atoms with E-state index in [9.17, 15) is 14.7 Å². The normalized spacial score (nSPS) is 16.0. The predicted molar refractivity (Wildman–Crippen MR) is 132 cm³/mol. The van der Waals surface area contributed by atoms with Crippen molar-refractivity contribution in [1.29, 1.82) is 0 Å². The number of ketones is 1. The predicted octanol–water partition coefficient (Wildman–Crippen LogP) is 4.63.